The van der Waals surface area contributed by atoms with E-state index in [1.807, 2.05) is 0 Å². The van der Waals surface area contributed by atoms with Gasteiger partial charge in [0.25, 0.3) is 11.8 Å². The lowest BCUT2D eigenvalue weighted by Crippen LogP contribution is -2.45. The van der Waals surface area contributed by atoms with E-state index < -0.39 is 35.4 Å². The van der Waals surface area contributed by atoms with Gasteiger partial charge in [-0.05, 0) is 27.2 Å². The van der Waals surface area contributed by atoms with E-state index in [1.54, 1.807) is 20.8 Å². The number of aliphatic carboxylic acids is 1. The zero-order valence-corrected chi connectivity index (χ0v) is 13.5. The lowest BCUT2D eigenvalue weighted by Gasteiger charge is -2.25. The number of carboxylic acids is 1. The summed E-state index contributed by atoms with van der Waals surface area (Å²) in [6.07, 6.45) is 2.22. The Hall–Kier alpha value is -2.22. The number of hydrogen-bond donors (Lipinski definition) is 2. The number of hydrogen-bond acceptors (Lipinski definition) is 6. The molecule has 1 atom stereocenters. The van der Waals surface area contributed by atoms with Crippen LogP contribution in [0.5, 0.6) is 0 Å². The summed E-state index contributed by atoms with van der Waals surface area (Å²) in [6.45, 7) is 5.41. The Kier molecular flexibility index (Phi) is 6.44. The Morgan fingerprint density at radius 3 is 2.30 bits per heavy atom. The molecule has 0 fully saturated rings. The number of nitrogens with zero attached hydrogens (tertiary/aromatic N) is 1. The second-order valence-electron chi connectivity index (χ2n) is 6.13. The summed E-state index contributed by atoms with van der Waals surface area (Å²) in [5.41, 5.74) is -0.689. The molecule has 0 unspecified atom stereocenters. The van der Waals surface area contributed by atoms with Crippen molar-refractivity contribution >= 4 is 23.8 Å². The quantitative estimate of drug-likeness (QED) is 0.479. The molecule has 1 aliphatic heterocycles. The van der Waals surface area contributed by atoms with E-state index in [1.165, 1.54) is 12.2 Å². The van der Waals surface area contributed by atoms with Gasteiger partial charge in [-0.3, -0.25) is 24.1 Å². The van der Waals surface area contributed by atoms with Crippen molar-refractivity contribution in [3.8, 4) is 0 Å². The standard InChI is InChI=1S/C15H22N2O6/c1-15(2,3)23-14(22)10(4-7-13(20)21)16-8-9-17-11(18)5-6-12(17)19/h5-6,10,16H,4,7-9H2,1-3H3,(H,20,21)/t10-/m0/s1. The van der Waals surface area contributed by atoms with Gasteiger partial charge < -0.3 is 15.2 Å². The van der Waals surface area contributed by atoms with Crippen molar-refractivity contribution in [1.82, 2.24) is 10.2 Å². The molecular formula is C15H22N2O6. The summed E-state index contributed by atoms with van der Waals surface area (Å²) < 4.78 is 5.24. The van der Waals surface area contributed by atoms with Crippen LogP contribution in [0.15, 0.2) is 12.2 Å². The maximum absolute atomic E-state index is 12.1. The molecule has 128 valence electrons. The molecule has 0 aromatic rings. The average molecular weight is 326 g/mol. The third-order valence-corrected chi connectivity index (χ3v) is 2.96. The first-order valence-corrected chi connectivity index (χ1v) is 7.32. The first-order valence-electron chi connectivity index (χ1n) is 7.32. The first-order chi connectivity index (χ1) is 10.6. The van der Waals surface area contributed by atoms with Gasteiger partial charge in [0, 0.05) is 31.7 Å². The maximum atomic E-state index is 12.1. The Balaban J connectivity index is 2.55. The van der Waals surface area contributed by atoms with Crippen molar-refractivity contribution in [2.45, 2.75) is 45.3 Å². The molecule has 0 aliphatic carbocycles. The van der Waals surface area contributed by atoms with Crippen LogP contribution >= 0.6 is 0 Å². The zero-order chi connectivity index (χ0) is 17.6. The second kappa shape index (κ2) is 7.87. The Morgan fingerprint density at radius 2 is 1.83 bits per heavy atom. The van der Waals surface area contributed by atoms with Crippen molar-refractivity contribution in [1.29, 1.82) is 0 Å². The molecule has 0 aromatic heterocycles. The van der Waals surface area contributed by atoms with Gasteiger partial charge in [-0.15, -0.1) is 0 Å². The molecule has 0 bridgehead atoms. The molecule has 1 heterocycles. The van der Waals surface area contributed by atoms with Crippen LogP contribution in [-0.4, -0.2) is 58.5 Å². The molecule has 1 aliphatic rings. The average Bonchev–Trinajstić information content (AvgIpc) is 2.71. The monoisotopic (exact) mass is 326 g/mol. The van der Waals surface area contributed by atoms with Crippen molar-refractivity contribution in [2.24, 2.45) is 0 Å². The van der Waals surface area contributed by atoms with E-state index in [4.69, 9.17) is 9.84 Å². The molecule has 0 spiro atoms. The van der Waals surface area contributed by atoms with E-state index in [0.717, 1.165) is 4.90 Å². The maximum Gasteiger partial charge on any atom is 0.323 e. The number of esters is 1. The van der Waals surface area contributed by atoms with Gasteiger partial charge in [-0.25, -0.2) is 0 Å². The van der Waals surface area contributed by atoms with Crippen molar-refractivity contribution < 1.29 is 29.0 Å². The summed E-state index contributed by atoms with van der Waals surface area (Å²) in [7, 11) is 0. The normalized spacial score (nSPS) is 15.9. The van der Waals surface area contributed by atoms with Crippen LogP contribution < -0.4 is 5.32 Å². The minimum absolute atomic E-state index is 0.0599. The molecule has 0 radical (unpaired) electrons. The van der Waals surface area contributed by atoms with Crippen LogP contribution in [0.4, 0.5) is 0 Å². The minimum atomic E-state index is -1.02. The number of carboxylic acid groups (broad SMARTS) is 1. The largest absolute Gasteiger partial charge is 0.481 e. The Morgan fingerprint density at radius 1 is 1.26 bits per heavy atom. The van der Waals surface area contributed by atoms with Crippen LogP contribution in [-0.2, 0) is 23.9 Å². The van der Waals surface area contributed by atoms with Crippen molar-refractivity contribution in [2.75, 3.05) is 13.1 Å². The molecule has 8 nitrogen and oxygen atoms in total. The zero-order valence-electron chi connectivity index (χ0n) is 13.5. The third-order valence-electron chi connectivity index (χ3n) is 2.96. The fourth-order valence-electron chi connectivity index (χ4n) is 1.95. The molecule has 8 heteroatoms. The second-order valence-corrected chi connectivity index (χ2v) is 6.13. The van der Waals surface area contributed by atoms with E-state index in [0.29, 0.717) is 0 Å². The topological polar surface area (TPSA) is 113 Å². The first kappa shape index (κ1) is 18.8. The molecule has 2 amide bonds. The van der Waals surface area contributed by atoms with Gasteiger partial charge in [0.1, 0.15) is 11.6 Å². The third kappa shape index (κ3) is 6.60. The Labute approximate surface area is 134 Å². The summed E-state index contributed by atoms with van der Waals surface area (Å²) in [5, 5.41) is 11.6. The summed E-state index contributed by atoms with van der Waals surface area (Å²) >= 11 is 0. The Bertz CT molecular complexity index is 503. The van der Waals surface area contributed by atoms with Crippen LogP contribution in [0.3, 0.4) is 0 Å². The molecule has 0 saturated carbocycles. The van der Waals surface area contributed by atoms with Gasteiger partial charge in [-0.2, -0.15) is 0 Å². The molecule has 23 heavy (non-hydrogen) atoms. The van der Waals surface area contributed by atoms with Crippen LogP contribution in [0.2, 0.25) is 0 Å². The van der Waals surface area contributed by atoms with Gasteiger partial charge >= 0.3 is 11.9 Å². The van der Waals surface area contributed by atoms with Crippen molar-refractivity contribution in [3.63, 3.8) is 0 Å². The van der Waals surface area contributed by atoms with Crippen molar-refractivity contribution in [3.05, 3.63) is 12.2 Å². The molecule has 0 aromatic carbocycles. The molecule has 1 rings (SSSR count). The van der Waals surface area contributed by atoms with Crippen LogP contribution in [0.1, 0.15) is 33.6 Å². The van der Waals surface area contributed by atoms with Gasteiger partial charge in [0.15, 0.2) is 0 Å². The van der Waals surface area contributed by atoms with E-state index in [2.05, 4.69) is 5.32 Å². The fourth-order valence-corrected chi connectivity index (χ4v) is 1.95. The lowest BCUT2D eigenvalue weighted by atomic mass is 10.1. The molecular weight excluding hydrogens is 304 g/mol. The highest BCUT2D eigenvalue weighted by Crippen LogP contribution is 2.11. The highest BCUT2D eigenvalue weighted by molar-refractivity contribution is 6.12. The SMILES string of the molecule is CC(C)(C)OC(=O)[C@H](CCC(=O)O)NCCN1C(=O)C=CC1=O. The number of rotatable bonds is 8. The number of ether oxygens (including phenoxy) is 1. The predicted molar refractivity (Wildman–Crippen MR) is 80.4 cm³/mol. The molecule has 0 saturated heterocycles. The summed E-state index contributed by atoms with van der Waals surface area (Å²) in [6, 6.07) is -0.814. The highest BCUT2D eigenvalue weighted by Gasteiger charge is 2.27. The number of carbonyl (C=O) groups excluding carboxylic acids is 3. The summed E-state index contributed by atoms with van der Waals surface area (Å²) in [4.78, 5) is 46.7. The fraction of sp³-hybridized carbons (Fsp3) is 0.600. The van der Waals surface area contributed by atoms with Gasteiger partial charge in [-0.1, -0.05) is 0 Å². The van der Waals surface area contributed by atoms with Gasteiger partial charge in [0.05, 0.1) is 0 Å². The number of amides is 2. The number of nitrogens with one attached hydrogen (secondary N) is 1. The van der Waals surface area contributed by atoms with E-state index >= 15 is 0 Å². The van der Waals surface area contributed by atoms with Crippen LogP contribution in [0.25, 0.3) is 0 Å². The number of imide groups is 1. The number of carbonyl (C=O) groups is 4. The summed E-state index contributed by atoms with van der Waals surface area (Å²) in [5.74, 6) is -2.39. The molecule has 2 N–H and O–H groups in total. The highest BCUT2D eigenvalue weighted by atomic mass is 16.6. The van der Waals surface area contributed by atoms with Gasteiger partial charge in [0.2, 0.25) is 0 Å². The predicted octanol–water partition coefficient (Wildman–Crippen LogP) is 0.0761. The minimum Gasteiger partial charge on any atom is -0.481 e. The van der Waals surface area contributed by atoms with E-state index in [-0.39, 0.29) is 25.9 Å². The smallest absolute Gasteiger partial charge is 0.323 e. The van der Waals surface area contributed by atoms with E-state index in [9.17, 15) is 19.2 Å². The lowest BCUT2D eigenvalue weighted by molar-refractivity contribution is -0.157. The van der Waals surface area contributed by atoms with Crippen LogP contribution in [0, 0.1) is 0 Å².